The average Bonchev–Trinajstić information content (AvgIpc) is 2.70. The van der Waals surface area contributed by atoms with Crippen molar-refractivity contribution in [3.05, 3.63) is 0 Å². The Morgan fingerprint density at radius 1 is 0.759 bits per heavy atom. The van der Waals surface area contributed by atoms with Gasteiger partial charge in [-0.3, -0.25) is 9.59 Å². The Balaban J connectivity index is 3.47. The Hall–Kier alpha value is -0.710. The van der Waals surface area contributed by atoms with Gasteiger partial charge in [0.25, 0.3) is 0 Å². The quantitative estimate of drug-likeness (QED) is 0.131. The van der Waals surface area contributed by atoms with Crippen LogP contribution in [0.1, 0.15) is 122 Å². The number of carbonyl (C=O) groups excluding carboxylic acids is 1. The fraction of sp³-hybridized carbons (Fsp3) is 0.917. The molecule has 0 fully saturated rings. The number of thiol groups is 1. The smallest absolute Gasteiger partial charge is 0.304 e. The number of rotatable bonds is 22. The molecule has 0 aromatic carbocycles. The molecule has 29 heavy (non-hydrogen) atoms. The van der Waals surface area contributed by atoms with Crippen molar-refractivity contribution in [1.82, 2.24) is 5.32 Å². The fourth-order valence-electron chi connectivity index (χ4n) is 3.80. The minimum atomic E-state index is -0.896. The first-order valence-corrected chi connectivity index (χ1v) is 12.8. The van der Waals surface area contributed by atoms with Gasteiger partial charge in [-0.2, -0.15) is 12.6 Å². The Morgan fingerprint density at radius 2 is 1.17 bits per heavy atom. The third-order valence-corrected chi connectivity index (χ3v) is 5.83. The highest BCUT2D eigenvalue weighted by atomic mass is 32.1. The first-order chi connectivity index (χ1) is 14.1. The maximum atomic E-state index is 12.0. The number of hydrogen-bond donors (Lipinski definition) is 3. The van der Waals surface area contributed by atoms with Crippen LogP contribution in [0.4, 0.5) is 0 Å². The van der Waals surface area contributed by atoms with E-state index in [1.54, 1.807) is 0 Å². The molecule has 0 aromatic rings. The van der Waals surface area contributed by atoms with Gasteiger partial charge in [-0.25, -0.2) is 0 Å². The van der Waals surface area contributed by atoms with E-state index in [9.17, 15) is 9.59 Å². The van der Waals surface area contributed by atoms with Crippen LogP contribution in [0.3, 0.4) is 0 Å². The highest BCUT2D eigenvalue weighted by Gasteiger charge is 2.20. The van der Waals surface area contributed by atoms with E-state index in [1.165, 1.54) is 89.9 Å². The van der Waals surface area contributed by atoms with Crippen LogP contribution < -0.4 is 5.32 Å². The van der Waals surface area contributed by atoms with E-state index in [1.807, 2.05) is 0 Å². The Kier molecular flexibility index (Phi) is 21.4. The van der Waals surface area contributed by atoms with Crippen molar-refractivity contribution in [2.45, 2.75) is 122 Å². The van der Waals surface area contributed by atoms with E-state index >= 15 is 0 Å². The van der Waals surface area contributed by atoms with Gasteiger partial charge in [0.15, 0.2) is 0 Å². The lowest BCUT2D eigenvalue weighted by Gasteiger charge is -2.14. The van der Waals surface area contributed by atoms with Crippen LogP contribution in [0.15, 0.2) is 0 Å². The molecule has 0 aliphatic rings. The van der Waals surface area contributed by atoms with Crippen molar-refractivity contribution in [3.8, 4) is 0 Å². The van der Waals surface area contributed by atoms with Crippen LogP contribution in [0.25, 0.3) is 0 Å². The molecule has 0 aromatic heterocycles. The molecule has 0 heterocycles. The second kappa shape index (κ2) is 22.0. The van der Waals surface area contributed by atoms with Gasteiger partial charge in [-0.15, -0.1) is 0 Å². The van der Waals surface area contributed by atoms with Crippen LogP contribution in [0, 0.1) is 5.92 Å². The zero-order valence-electron chi connectivity index (χ0n) is 18.9. The molecule has 172 valence electrons. The summed E-state index contributed by atoms with van der Waals surface area (Å²) in [6.07, 6.45) is 21.7. The highest BCUT2D eigenvalue weighted by molar-refractivity contribution is 7.80. The number of aliphatic carboxylic acids is 1. The molecule has 2 N–H and O–H groups in total. The molecule has 0 aliphatic carbocycles. The van der Waals surface area contributed by atoms with Gasteiger partial charge < -0.3 is 10.4 Å². The van der Waals surface area contributed by atoms with Crippen molar-refractivity contribution >= 4 is 24.5 Å². The van der Waals surface area contributed by atoms with Gasteiger partial charge in [-0.05, 0) is 6.42 Å². The monoisotopic (exact) mass is 429 g/mol. The van der Waals surface area contributed by atoms with Gasteiger partial charge in [0, 0.05) is 18.2 Å². The number of unbranched alkanes of at least 4 members (excludes halogenated alkanes) is 15. The largest absolute Gasteiger partial charge is 0.481 e. The molecule has 1 amide bonds. The van der Waals surface area contributed by atoms with Crippen LogP contribution in [-0.4, -0.2) is 29.3 Å². The summed E-state index contributed by atoms with van der Waals surface area (Å²) in [6.45, 7) is 2.77. The van der Waals surface area contributed by atoms with Crippen LogP contribution in [0.2, 0.25) is 0 Å². The first kappa shape index (κ1) is 28.3. The molecule has 1 unspecified atom stereocenters. The van der Waals surface area contributed by atoms with Crippen LogP contribution in [-0.2, 0) is 9.59 Å². The number of hydrogen-bond acceptors (Lipinski definition) is 3. The predicted molar refractivity (Wildman–Crippen MR) is 127 cm³/mol. The number of carboxylic acid groups (broad SMARTS) is 1. The number of carbonyl (C=O) groups is 2. The lowest BCUT2D eigenvalue weighted by molar-refractivity contribution is -0.141. The fourth-order valence-corrected chi connectivity index (χ4v) is 3.91. The molecule has 0 spiro atoms. The number of amides is 1. The van der Waals surface area contributed by atoms with Gasteiger partial charge in [-0.1, -0.05) is 110 Å². The van der Waals surface area contributed by atoms with Crippen molar-refractivity contribution in [1.29, 1.82) is 0 Å². The Morgan fingerprint density at radius 3 is 1.55 bits per heavy atom. The van der Waals surface area contributed by atoms with Crippen LogP contribution in [0.5, 0.6) is 0 Å². The average molecular weight is 430 g/mol. The maximum absolute atomic E-state index is 12.0. The van der Waals surface area contributed by atoms with E-state index in [-0.39, 0.29) is 12.3 Å². The third kappa shape index (κ3) is 20.3. The minimum absolute atomic E-state index is 0.0723. The first-order valence-electron chi connectivity index (χ1n) is 12.2. The summed E-state index contributed by atoms with van der Waals surface area (Å²) in [4.78, 5) is 23.0. The maximum Gasteiger partial charge on any atom is 0.304 e. The molecule has 0 aliphatic heterocycles. The van der Waals surface area contributed by atoms with Gasteiger partial charge in [0.1, 0.15) is 0 Å². The summed E-state index contributed by atoms with van der Waals surface area (Å²) in [7, 11) is 0. The van der Waals surface area contributed by atoms with E-state index in [4.69, 9.17) is 5.11 Å². The molecule has 0 saturated carbocycles. The SMILES string of the molecule is CCCCCCCCCCCCCCCCCCC(CC(=O)O)C(=O)NCCS. The highest BCUT2D eigenvalue weighted by Crippen LogP contribution is 2.17. The molecular weight excluding hydrogens is 382 g/mol. The summed E-state index contributed by atoms with van der Waals surface area (Å²) in [5.41, 5.74) is 0. The van der Waals surface area contributed by atoms with Crippen LogP contribution >= 0.6 is 12.6 Å². The Labute approximate surface area is 185 Å². The van der Waals surface area contributed by atoms with Gasteiger partial charge >= 0.3 is 5.97 Å². The van der Waals surface area contributed by atoms with Gasteiger partial charge in [0.05, 0.1) is 6.42 Å². The van der Waals surface area contributed by atoms with E-state index < -0.39 is 11.9 Å². The lowest BCUT2D eigenvalue weighted by Crippen LogP contribution is -2.33. The minimum Gasteiger partial charge on any atom is -0.481 e. The van der Waals surface area contributed by atoms with Crippen molar-refractivity contribution < 1.29 is 14.7 Å². The van der Waals surface area contributed by atoms with Gasteiger partial charge in [0.2, 0.25) is 5.91 Å². The summed E-state index contributed by atoms with van der Waals surface area (Å²) < 4.78 is 0. The zero-order chi connectivity index (χ0) is 21.6. The molecule has 1 atom stereocenters. The second-order valence-electron chi connectivity index (χ2n) is 8.40. The molecule has 0 rings (SSSR count). The number of carboxylic acids is 1. The topological polar surface area (TPSA) is 66.4 Å². The molecule has 5 heteroatoms. The van der Waals surface area contributed by atoms with E-state index in [0.717, 1.165) is 12.8 Å². The normalized spacial score (nSPS) is 12.1. The molecule has 0 bridgehead atoms. The summed E-state index contributed by atoms with van der Waals surface area (Å²) in [5, 5.41) is 11.8. The standard InChI is InChI=1S/C24H47NO3S/c1-2-3-4-5-6-7-8-9-10-11-12-13-14-15-16-17-18-22(21-23(26)27)24(28)25-19-20-29/h22,29H,2-21H2,1H3,(H,25,28)(H,26,27). The van der Waals surface area contributed by atoms with Crippen molar-refractivity contribution in [3.63, 3.8) is 0 Å². The van der Waals surface area contributed by atoms with Crippen molar-refractivity contribution in [2.24, 2.45) is 5.92 Å². The summed E-state index contributed by atoms with van der Waals surface area (Å²) in [5.74, 6) is -0.862. The molecular formula is C24H47NO3S. The van der Waals surface area contributed by atoms with E-state index in [2.05, 4.69) is 24.9 Å². The predicted octanol–water partition coefficient (Wildman–Crippen LogP) is 6.77. The zero-order valence-corrected chi connectivity index (χ0v) is 19.8. The number of nitrogens with one attached hydrogen (secondary N) is 1. The molecule has 0 saturated heterocycles. The van der Waals surface area contributed by atoms with Crippen molar-refractivity contribution in [2.75, 3.05) is 12.3 Å². The summed E-state index contributed by atoms with van der Waals surface area (Å²) in [6, 6.07) is 0. The van der Waals surface area contributed by atoms with E-state index in [0.29, 0.717) is 18.7 Å². The lowest BCUT2D eigenvalue weighted by atomic mass is 9.96. The Bertz CT molecular complexity index is 390. The third-order valence-electron chi connectivity index (χ3n) is 5.61. The molecule has 0 radical (unpaired) electrons. The molecule has 4 nitrogen and oxygen atoms in total. The summed E-state index contributed by atoms with van der Waals surface area (Å²) >= 11 is 4.07. The second-order valence-corrected chi connectivity index (χ2v) is 8.85.